The van der Waals surface area contributed by atoms with E-state index in [4.69, 9.17) is 5.26 Å². The molecule has 0 fully saturated rings. The lowest BCUT2D eigenvalue weighted by Crippen LogP contribution is -2.03. The highest BCUT2D eigenvalue weighted by Crippen LogP contribution is 2.04. The summed E-state index contributed by atoms with van der Waals surface area (Å²) in [7, 11) is 0. The molecule has 0 spiro atoms. The lowest BCUT2D eigenvalue weighted by Gasteiger charge is -2.03. The van der Waals surface area contributed by atoms with E-state index in [-0.39, 0.29) is 0 Å². The van der Waals surface area contributed by atoms with Crippen LogP contribution >= 0.6 is 11.8 Å². The first-order valence-corrected chi connectivity index (χ1v) is 5.85. The largest absolute Gasteiger partial charge is 0.370 e. The number of pyridine rings is 1. The van der Waals surface area contributed by atoms with Gasteiger partial charge in [-0.2, -0.15) is 17.0 Å². The Bertz CT molecular complexity index is 302. The van der Waals surface area contributed by atoms with Crippen LogP contribution in [0.5, 0.6) is 0 Å². The van der Waals surface area contributed by atoms with Crippen LogP contribution in [0.15, 0.2) is 18.3 Å². The van der Waals surface area contributed by atoms with Crippen molar-refractivity contribution >= 4 is 17.6 Å². The summed E-state index contributed by atoms with van der Waals surface area (Å²) in [6.45, 7) is 0.930. The van der Waals surface area contributed by atoms with Gasteiger partial charge in [0.1, 0.15) is 11.9 Å². The SMILES string of the molecule is CSCCCNc1ccc(C#N)cn1. The first kappa shape index (κ1) is 10.9. The van der Waals surface area contributed by atoms with Gasteiger partial charge in [-0.15, -0.1) is 0 Å². The maximum absolute atomic E-state index is 8.56. The van der Waals surface area contributed by atoms with Crippen molar-refractivity contribution in [1.82, 2.24) is 4.98 Å². The molecule has 0 radical (unpaired) electrons. The van der Waals surface area contributed by atoms with E-state index in [1.54, 1.807) is 12.3 Å². The molecule has 0 amide bonds. The molecular formula is C10H13N3S. The maximum atomic E-state index is 8.56. The molecule has 0 aromatic carbocycles. The van der Waals surface area contributed by atoms with Gasteiger partial charge in [0.25, 0.3) is 0 Å². The average Bonchev–Trinajstić information content (AvgIpc) is 2.25. The van der Waals surface area contributed by atoms with Gasteiger partial charge >= 0.3 is 0 Å². The minimum absolute atomic E-state index is 0.597. The Kier molecular flexibility index (Phi) is 4.87. The Labute approximate surface area is 88.5 Å². The summed E-state index contributed by atoms with van der Waals surface area (Å²) < 4.78 is 0. The molecule has 74 valence electrons. The molecule has 1 N–H and O–H groups in total. The second kappa shape index (κ2) is 6.28. The second-order valence-electron chi connectivity index (χ2n) is 2.82. The third kappa shape index (κ3) is 3.67. The van der Waals surface area contributed by atoms with Crippen molar-refractivity contribution in [2.75, 3.05) is 23.9 Å². The molecule has 3 nitrogen and oxygen atoms in total. The summed E-state index contributed by atoms with van der Waals surface area (Å²) in [4.78, 5) is 4.11. The first-order chi connectivity index (χ1) is 6.86. The Hall–Kier alpha value is -1.21. The molecule has 0 atom stereocenters. The Balaban J connectivity index is 2.33. The summed E-state index contributed by atoms with van der Waals surface area (Å²) >= 11 is 1.84. The summed E-state index contributed by atoms with van der Waals surface area (Å²) in [6, 6.07) is 5.64. The van der Waals surface area contributed by atoms with Crippen molar-refractivity contribution in [2.45, 2.75) is 6.42 Å². The lowest BCUT2D eigenvalue weighted by molar-refractivity contribution is 0.981. The van der Waals surface area contributed by atoms with Crippen LogP contribution in [0.2, 0.25) is 0 Å². The van der Waals surface area contributed by atoms with Gasteiger partial charge < -0.3 is 5.32 Å². The highest BCUT2D eigenvalue weighted by atomic mass is 32.2. The number of nitriles is 1. The molecular weight excluding hydrogens is 194 g/mol. The van der Waals surface area contributed by atoms with E-state index in [0.717, 1.165) is 24.5 Å². The summed E-state index contributed by atoms with van der Waals surface area (Å²) in [6.07, 6.45) is 4.81. The molecule has 0 unspecified atom stereocenters. The van der Waals surface area contributed by atoms with E-state index in [1.165, 1.54) is 0 Å². The van der Waals surface area contributed by atoms with Crippen molar-refractivity contribution in [3.63, 3.8) is 0 Å². The van der Waals surface area contributed by atoms with Gasteiger partial charge in [0, 0.05) is 12.7 Å². The fraction of sp³-hybridized carbons (Fsp3) is 0.400. The number of hydrogen-bond acceptors (Lipinski definition) is 4. The summed E-state index contributed by atoms with van der Waals surface area (Å²) in [5, 5.41) is 11.8. The van der Waals surface area contributed by atoms with Crippen LogP contribution < -0.4 is 5.32 Å². The standard InChI is InChI=1S/C10H13N3S/c1-14-6-2-5-12-10-4-3-9(7-11)8-13-10/h3-4,8H,2,5-6H2,1H3,(H,12,13). The lowest BCUT2D eigenvalue weighted by atomic mass is 10.3. The number of anilines is 1. The van der Waals surface area contributed by atoms with Crippen molar-refractivity contribution < 1.29 is 0 Å². The van der Waals surface area contributed by atoms with Gasteiger partial charge in [-0.1, -0.05) is 0 Å². The van der Waals surface area contributed by atoms with Crippen molar-refractivity contribution in [3.05, 3.63) is 23.9 Å². The summed E-state index contributed by atoms with van der Waals surface area (Å²) in [5.41, 5.74) is 0.597. The van der Waals surface area contributed by atoms with E-state index < -0.39 is 0 Å². The molecule has 0 saturated heterocycles. The molecule has 1 aromatic heterocycles. The minimum Gasteiger partial charge on any atom is -0.370 e. The summed E-state index contributed by atoms with van der Waals surface area (Å²) in [5.74, 6) is 1.99. The molecule has 0 saturated carbocycles. The average molecular weight is 207 g/mol. The van der Waals surface area contributed by atoms with Gasteiger partial charge in [0.15, 0.2) is 0 Å². The number of thioether (sulfide) groups is 1. The maximum Gasteiger partial charge on any atom is 0.125 e. The molecule has 1 heterocycles. The highest BCUT2D eigenvalue weighted by molar-refractivity contribution is 7.98. The molecule has 1 rings (SSSR count). The van der Waals surface area contributed by atoms with E-state index in [0.29, 0.717) is 5.56 Å². The zero-order valence-corrected chi connectivity index (χ0v) is 8.97. The number of aromatic nitrogens is 1. The number of nitrogens with zero attached hydrogens (tertiary/aromatic N) is 2. The zero-order valence-electron chi connectivity index (χ0n) is 8.16. The van der Waals surface area contributed by atoms with Crippen LogP contribution in [0, 0.1) is 11.3 Å². The van der Waals surface area contributed by atoms with Gasteiger partial charge in [0.2, 0.25) is 0 Å². The topological polar surface area (TPSA) is 48.7 Å². The van der Waals surface area contributed by atoms with Crippen LogP contribution in [-0.2, 0) is 0 Å². The van der Waals surface area contributed by atoms with Gasteiger partial charge in [-0.05, 0) is 30.6 Å². The van der Waals surface area contributed by atoms with Crippen molar-refractivity contribution in [2.24, 2.45) is 0 Å². The van der Waals surface area contributed by atoms with E-state index in [9.17, 15) is 0 Å². The number of rotatable bonds is 5. The molecule has 0 bridgehead atoms. The monoisotopic (exact) mass is 207 g/mol. The fourth-order valence-electron chi connectivity index (χ4n) is 0.998. The van der Waals surface area contributed by atoms with Crippen molar-refractivity contribution in [3.8, 4) is 6.07 Å². The quantitative estimate of drug-likeness (QED) is 0.751. The molecule has 0 aliphatic carbocycles. The third-order valence-corrected chi connectivity index (χ3v) is 2.42. The van der Waals surface area contributed by atoms with Crippen LogP contribution in [-0.4, -0.2) is 23.5 Å². The predicted octanol–water partition coefficient (Wildman–Crippen LogP) is 2.12. The minimum atomic E-state index is 0.597. The van der Waals surface area contributed by atoms with E-state index in [2.05, 4.69) is 16.6 Å². The van der Waals surface area contributed by atoms with Gasteiger partial charge in [0.05, 0.1) is 5.56 Å². The third-order valence-electron chi connectivity index (χ3n) is 1.72. The predicted molar refractivity (Wildman–Crippen MR) is 60.4 cm³/mol. The number of hydrogen-bond donors (Lipinski definition) is 1. The van der Waals surface area contributed by atoms with Gasteiger partial charge in [-0.25, -0.2) is 4.98 Å². The van der Waals surface area contributed by atoms with Crippen LogP contribution in [0.25, 0.3) is 0 Å². The van der Waals surface area contributed by atoms with Crippen LogP contribution in [0.4, 0.5) is 5.82 Å². The first-order valence-electron chi connectivity index (χ1n) is 4.46. The van der Waals surface area contributed by atoms with Crippen LogP contribution in [0.1, 0.15) is 12.0 Å². The molecule has 4 heteroatoms. The number of nitrogens with one attached hydrogen (secondary N) is 1. The second-order valence-corrected chi connectivity index (χ2v) is 3.80. The molecule has 14 heavy (non-hydrogen) atoms. The van der Waals surface area contributed by atoms with Crippen LogP contribution in [0.3, 0.4) is 0 Å². The fourth-order valence-corrected chi connectivity index (χ4v) is 1.43. The zero-order chi connectivity index (χ0) is 10.2. The Morgan fingerprint density at radius 2 is 2.43 bits per heavy atom. The normalized spacial score (nSPS) is 9.43. The molecule has 0 aliphatic heterocycles. The van der Waals surface area contributed by atoms with Gasteiger partial charge in [-0.3, -0.25) is 0 Å². The Morgan fingerprint density at radius 3 is 3.00 bits per heavy atom. The van der Waals surface area contributed by atoms with Crippen molar-refractivity contribution in [1.29, 1.82) is 5.26 Å². The van der Waals surface area contributed by atoms with E-state index >= 15 is 0 Å². The highest BCUT2D eigenvalue weighted by Gasteiger charge is 1.93. The smallest absolute Gasteiger partial charge is 0.125 e. The van der Waals surface area contributed by atoms with E-state index in [1.807, 2.05) is 23.9 Å². The molecule has 0 aliphatic rings. The Morgan fingerprint density at radius 1 is 1.57 bits per heavy atom. The molecule has 1 aromatic rings.